The van der Waals surface area contributed by atoms with E-state index in [0.717, 1.165) is 12.1 Å². The molecule has 0 fully saturated rings. The van der Waals surface area contributed by atoms with Gasteiger partial charge in [-0.15, -0.1) is 0 Å². The van der Waals surface area contributed by atoms with E-state index in [0.29, 0.717) is 17.5 Å². The monoisotopic (exact) mass is 402 g/mol. The molecule has 0 aliphatic heterocycles. The molecule has 8 heteroatoms. The zero-order valence-corrected chi connectivity index (χ0v) is 15.5. The largest absolute Gasteiger partial charge is 0.359 e. The Morgan fingerprint density at radius 1 is 1.07 bits per heavy atom. The van der Waals surface area contributed by atoms with Gasteiger partial charge in [0.05, 0.1) is 5.69 Å². The van der Waals surface area contributed by atoms with Gasteiger partial charge in [-0.05, 0) is 48.7 Å². The Labute approximate surface area is 165 Å². The summed E-state index contributed by atoms with van der Waals surface area (Å²) < 4.78 is 55.9. The van der Waals surface area contributed by atoms with Crippen LogP contribution in [-0.2, 0) is 6.42 Å². The fourth-order valence-electron chi connectivity index (χ4n) is 2.85. The van der Waals surface area contributed by atoms with Crippen molar-refractivity contribution in [2.24, 2.45) is 4.99 Å². The van der Waals surface area contributed by atoms with Crippen LogP contribution in [0.25, 0.3) is 5.69 Å². The van der Waals surface area contributed by atoms with Crippen molar-refractivity contribution in [2.75, 3.05) is 11.9 Å². The van der Waals surface area contributed by atoms with Crippen molar-refractivity contribution in [1.29, 1.82) is 0 Å². The van der Waals surface area contributed by atoms with Crippen molar-refractivity contribution < 1.29 is 17.6 Å². The van der Waals surface area contributed by atoms with Crippen molar-refractivity contribution in [3.63, 3.8) is 0 Å². The summed E-state index contributed by atoms with van der Waals surface area (Å²) in [5, 5.41) is 6.73. The van der Waals surface area contributed by atoms with Crippen molar-refractivity contribution in [3.8, 4) is 5.69 Å². The summed E-state index contributed by atoms with van der Waals surface area (Å²) in [5.74, 6) is -2.70. The lowest BCUT2D eigenvalue weighted by atomic mass is 10.1. The molecule has 0 atom stereocenters. The van der Waals surface area contributed by atoms with Crippen LogP contribution in [0.5, 0.6) is 0 Å². The second-order valence-electron chi connectivity index (χ2n) is 6.23. The van der Waals surface area contributed by atoms with Crippen LogP contribution < -0.4 is 5.32 Å². The smallest absolute Gasteiger partial charge is 0.152 e. The lowest BCUT2D eigenvalue weighted by molar-refractivity contribution is 0.569. The molecule has 150 valence electrons. The molecule has 1 aromatic heterocycles. The lowest BCUT2D eigenvalue weighted by Gasteiger charge is -2.10. The number of aromatic nitrogens is 2. The normalized spacial score (nSPS) is 11.6. The third-order valence-corrected chi connectivity index (χ3v) is 4.12. The standard InChI is InChI=1S/C21H18F4N4/c1-14-10-16(22)12-18(24)20(14)27-6-2-5-26-8-4-15-11-17(23)13-19(25)21(15)29-9-3-7-28-29/h2-3,5-7,9-13,27H,4,8H2,1H3/b6-2-,26-5?. The van der Waals surface area contributed by atoms with Gasteiger partial charge in [-0.1, -0.05) is 0 Å². The van der Waals surface area contributed by atoms with Crippen LogP contribution in [0.3, 0.4) is 0 Å². The topological polar surface area (TPSA) is 42.2 Å². The number of hydrogen-bond acceptors (Lipinski definition) is 3. The number of rotatable bonds is 7. The van der Waals surface area contributed by atoms with E-state index < -0.39 is 23.3 Å². The number of aryl methyl sites for hydroxylation is 1. The number of benzene rings is 2. The van der Waals surface area contributed by atoms with Crippen LogP contribution in [-0.4, -0.2) is 22.5 Å². The van der Waals surface area contributed by atoms with Crippen LogP contribution in [0, 0.1) is 30.2 Å². The molecule has 0 saturated carbocycles. The van der Waals surface area contributed by atoms with E-state index in [1.807, 2.05) is 0 Å². The molecule has 3 aromatic rings. The molecule has 4 nitrogen and oxygen atoms in total. The van der Waals surface area contributed by atoms with E-state index in [2.05, 4.69) is 15.4 Å². The Hall–Kier alpha value is -3.42. The van der Waals surface area contributed by atoms with Gasteiger partial charge in [-0.25, -0.2) is 22.2 Å². The first-order valence-corrected chi connectivity index (χ1v) is 8.81. The first kappa shape index (κ1) is 20.3. The van der Waals surface area contributed by atoms with E-state index >= 15 is 0 Å². The van der Waals surface area contributed by atoms with Gasteiger partial charge in [-0.2, -0.15) is 5.10 Å². The van der Waals surface area contributed by atoms with Crippen LogP contribution in [0.1, 0.15) is 11.1 Å². The van der Waals surface area contributed by atoms with Gasteiger partial charge in [-0.3, -0.25) is 4.99 Å². The first-order chi connectivity index (χ1) is 14.0. The van der Waals surface area contributed by atoms with Gasteiger partial charge in [0.1, 0.15) is 23.1 Å². The minimum atomic E-state index is -0.700. The third-order valence-electron chi connectivity index (χ3n) is 4.12. The van der Waals surface area contributed by atoms with Gasteiger partial charge in [0.2, 0.25) is 0 Å². The van der Waals surface area contributed by atoms with Gasteiger partial charge < -0.3 is 5.32 Å². The zero-order chi connectivity index (χ0) is 20.8. The van der Waals surface area contributed by atoms with E-state index in [4.69, 9.17) is 0 Å². The average molecular weight is 402 g/mol. The number of halogens is 4. The summed E-state index contributed by atoms with van der Waals surface area (Å²) in [6.07, 6.45) is 7.87. The number of allylic oxidation sites excluding steroid dienone is 1. The second kappa shape index (κ2) is 9.18. The Morgan fingerprint density at radius 2 is 1.83 bits per heavy atom. The summed E-state index contributed by atoms with van der Waals surface area (Å²) in [6.45, 7) is 1.87. The summed E-state index contributed by atoms with van der Waals surface area (Å²) in [4.78, 5) is 4.16. The van der Waals surface area contributed by atoms with Gasteiger partial charge >= 0.3 is 0 Å². The maximum absolute atomic E-state index is 14.2. The molecule has 1 heterocycles. The van der Waals surface area contributed by atoms with Crippen molar-refractivity contribution in [2.45, 2.75) is 13.3 Å². The highest BCUT2D eigenvalue weighted by atomic mass is 19.1. The molecule has 0 amide bonds. The predicted octanol–water partition coefficient (Wildman–Crippen LogP) is 4.98. The SMILES string of the molecule is Cc1cc(F)cc(F)c1N/C=C\C=NCCc1cc(F)cc(F)c1-n1cccn1. The number of nitrogens with zero attached hydrogens (tertiary/aromatic N) is 3. The fourth-order valence-corrected chi connectivity index (χ4v) is 2.85. The number of nitrogens with one attached hydrogen (secondary N) is 1. The molecule has 29 heavy (non-hydrogen) atoms. The van der Waals surface area contributed by atoms with Crippen molar-refractivity contribution in [3.05, 3.63) is 89.4 Å². The molecule has 2 aromatic carbocycles. The highest BCUT2D eigenvalue weighted by Gasteiger charge is 2.13. The molecule has 0 bridgehead atoms. The molecular weight excluding hydrogens is 384 g/mol. The van der Waals surface area contributed by atoms with Crippen LogP contribution in [0.15, 0.2) is 60.0 Å². The quantitative estimate of drug-likeness (QED) is 0.448. The molecule has 3 rings (SSSR count). The van der Waals surface area contributed by atoms with Gasteiger partial charge in [0.25, 0.3) is 0 Å². The highest BCUT2D eigenvalue weighted by Crippen LogP contribution is 2.21. The van der Waals surface area contributed by atoms with Gasteiger partial charge in [0, 0.05) is 43.5 Å². The average Bonchev–Trinajstić information content (AvgIpc) is 3.16. The Kier molecular flexibility index (Phi) is 6.43. The van der Waals surface area contributed by atoms with Crippen LogP contribution in [0.2, 0.25) is 0 Å². The Balaban J connectivity index is 1.61. The van der Waals surface area contributed by atoms with Gasteiger partial charge in [0.15, 0.2) is 5.82 Å². The Morgan fingerprint density at radius 3 is 2.55 bits per heavy atom. The molecule has 0 aliphatic rings. The molecule has 0 saturated heterocycles. The minimum Gasteiger partial charge on any atom is -0.359 e. The van der Waals surface area contributed by atoms with E-state index in [-0.39, 0.29) is 17.9 Å². The lowest BCUT2D eigenvalue weighted by Crippen LogP contribution is -2.06. The minimum absolute atomic E-state index is 0.176. The summed E-state index contributed by atoms with van der Waals surface area (Å²) in [5.41, 5.74) is 1.24. The summed E-state index contributed by atoms with van der Waals surface area (Å²) >= 11 is 0. The Bertz CT molecular complexity index is 1020. The molecule has 0 spiro atoms. The third kappa shape index (κ3) is 5.10. The van der Waals surface area contributed by atoms with E-state index in [9.17, 15) is 17.6 Å². The van der Waals surface area contributed by atoms with Crippen molar-refractivity contribution in [1.82, 2.24) is 9.78 Å². The maximum atomic E-state index is 14.2. The number of hydrogen-bond donors (Lipinski definition) is 1. The molecule has 0 aliphatic carbocycles. The highest BCUT2D eigenvalue weighted by molar-refractivity contribution is 5.72. The molecule has 0 unspecified atom stereocenters. The fraction of sp³-hybridized carbons (Fsp3) is 0.143. The number of anilines is 1. The van der Waals surface area contributed by atoms with Crippen molar-refractivity contribution >= 4 is 11.9 Å². The van der Waals surface area contributed by atoms with E-state index in [1.54, 1.807) is 25.3 Å². The van der Waals surface area contributed by atoms with E-state index in [1.165, 1.54) is 35.4 Å². The molecule has 0 radical (unpaired) electrons. The summed E-state index contributed by atoms with van der Waals surface area (Å²) in [6, 6.07) is 5.74. The zero-order valence-electron chi connectivity index (χ0n) is 15.5. The summed E-state index contributed by atoms with van der Waals surface area (Å²) in [7, 11) is 0. The molecular formula is C21H18F4N4. The van der Waals surface area contributed by atoms with Crippen LogP contribution >= 0.6 is 0 Å². The maximum Gasteiger partial charge on any atom is 0.152 e. The first-order valence-electron chi connectivity index (χ1n) is 8.81. The van der Waals surface area contributed by atoms with Crippen LogP contribution in [0.4, 0.5) is 23.2 Å². The predicted molar refractivity (Wildman–Crippen MR) is 104 cm³/mol. The second-order valence-corrected chi connectivity index (χ2v) is 6.23. The molecule has 1 N–H and O–H groups in total. The number of aliphatic imine (C=N–C) groups is 1.